The summed E-state index contributed by atoms with van der Waals surface area (Å²) < 4.78 is 6.20. The zero-order valence-electron chi connectivity index (χ0n) is 16.3. The van der Waals surface area contributed by atoms with Crippen LogP contribution in [-0.4, -0.2) is 30.2 Å². The van der Waals surface area contributed by atoms with E-state index < -0.39 is 26.1 Å². The molecule has 0 bridgehead atoms. The summed E-state index contributed by atoms with van der Waals surface area (Å²) in [5.41, 5.74) is -0.583. The number of rotatable bonds is 4. The Hall–Kier alpha value is -1.56. The lowest BCUT2D eigenvalue weighted by Crippen LogP contribution is -2.49. The van der Waals surface area contributed by atoms with Crippen molar-refractivity contribution in [3.05, 3.63) is 35.9 Å². The molecule has 0 saturated heterocycles. The predicted molar refractivity (Wildman–Crippen MR) is 105 cm³/mol. The lowest BCUT2D eigenvalue weighted by molar-refractivity contribution is -0.000600. The van der Waals surface area contributed by atoms with Gasteiger partial charge in [-0.3, -0.25) is 0 Å². The minimum absolute atomic E-state index is 0.0599. The van der Waals surface area contributed by atoms with Crippen molar-refractivity contribution in [1.29, 1.82) is 0 Å². The van der Waals surface area contributed by atoms with Crippen LogP contribution in [0.25, 0.3) is 0 Å². The average molecular weight is 359 g/mol. The Morgan fingerprint density at radius 3 is 2.12 bits per heavy atom. The molecule has 25 heavy (non-hydrogen) atoms. The Morgan fingerprint density at radius 1 is 1.04 bits per heavy atom. The maximum absolute atomic E-state index is 10.6. The molecular formula is C21H30O3Si. The fourth-order valence-corrected chi connectivity index (χ4v) is 3.28. The van der Waals surface area contributed by atoms with Crippen molar-refractivity contribution in [2.24, 2.45) is 0 Å². The Kier molecular flexibility index (Phi) is 7.05. The van der Waals surface area contributed by atoms with Gasteiger partial charge in [-0.05, 0) is 49.4 Å². The topological polar surface area (TPSA) is 49.7 Å². The van der Waals surface area contributed by atoms with Gasteiger partial charge in [-0.25, -0.2) is 0 Å². The molecule has 1 rings (SSSR count). The number of aliphatic hydroxyl groups is 2. The summed E-state index contributed by atoms with van der Waals surface area (Å²) in [5, 5.41) is 20.6. The highest BCUT2D eigenvalue weighted by Gasteiger charge is 2.41. The van der Waals surface area contributed by atoms with Gasteiger partial charge < -0.3 is 14.6 Å². The molecular weight excluding hydrogens is 328 g/mol. The highest BCUT2D eigenvalue weighted by Crippen LogP contribution is 2.38. The number of hydrogen-bond donors (Lipinski definition) is 2. The van der Waals surface area contributed by atoms with Crippen molar-refractivity contribution in [2.75, 3.05) is 0 Å². The molecule has 0 radical (unpaired) electrons. The van der Waals surface area contributed by atoms with Crippen LogP contribution < -0.4 is 0 Å². The molecule has 0 fully saturated rings. The smallest absolute Gasteiger partial charge is 0.192 e. The van der Waals surface area contributed by atoms with Crippen molar-refractivity contribution in [1.82, 2.24) is 0 Å². The van der Waals surface area contributed by atoms with Crippen molar-refractivity contribution in [3.63, 3.8) is 0 Å². The molecule has 136 valence electrons. The average Bonchev–Trinajstić information content (AvgIpc) is 2.50. The molecule has 0 aromatic heterocycles. The van der Waals surface area contributed by atoms with Crippen LogP contribution in [0, 0.1) is 23.7 Å². The molecule has 3 nitrogen and oxygen atoms in total. The van der Waals surface area contributed by atoms with Gasteiger partial charge in [-0.1, -0.05) is 62.9 Å². The van der Waals surface area contributed by atoms with Gasteiger partial charge in [0.25, 0.3) is 0 Å². The lowest BCUT2D eigenvalue weighted by Gasteiger charge is -2.40. The first-order chi connectivity index (χ1) is 11.4. The van der Waals surface area contributed by atoms with Gasteiger partial charge in [-0.2, -0.15) is 0 Å². The maximum atomic E-state index is 10.6. The van der Waals surface area contributed by atoms with Crippen molar-refractivity contribution in [2.45, 2.75) is 70.6 Å². The van der Waals surface area contributed by atoms with E-state index in [-0.39, 0.29) is 5.04 Å². The van der Waals surface area contributed by atoms with Crippen LogP contribution in [0.2, 0.25) is 18.1 Å². The SMILES string of the molecule is CC(O[Si](C)(C)C(C)(C)C)C(C)(O)C#CC#CC(O)c1ccccc1. The van der Waals surface area contributed by atoms with Gasteiger partial charge in [0.15, 0.2) is 8.32 Å². The van der Waals surface area contributed by atoms with Crippen LogP contribution >= 0.6 is 0 Å². The van der Waals surface area contributed by atoms with Gasteiger partial charge in [-0.15, -0.1) is 0 Å². The largest absolute Gasteiger partial charge is 0.410 e. The summed E-state index contributed by atoms with van der Waals surface area (Å²) in [7, 11) is -1.99. The highest BCUT2D eigenvalue weighted by molar-refractivity contribution is 6.74. The minimum atomic E-state index is -1.99. The second-order valence-electron chi connectivity index (χ2n) is 8.00. The lowest BCUT2D eigenvalue weighted by atomic mass is 10.0. The molecule has 3 unspecified atom stereocenters. The van der Waals surface area contributed by atoms with Crippen LogP contribution in [0.1, 0.15) is 46.3 Å². The number of hydrogen-bond acceptors (Lipinski definition) is 3. The summed E-state index contributed by atoms with van der Waals surface area (Å²) in [6.07, 6.45) is -1.32. The van der Waals surface area contributed by atoms with Crippen LogP contribution in [-0.2, 0) is 4.43 Å². The van der Waals surface area contributed by atoms with Gasteiger partial charge in [0, 0.05) is 0 Å². The second kappa shape index (κ2) is 8.21. The molecule has 0 aliphatic rings. The van der Waals surface area contributed by atoms with Gasteiger partial charge in [0.1, 0.15) is 11.7 Å². The van der Waals surface area contributed by atoms with Crippen LogP contribution in [0.4, 0.5) is 0 Å². The summed E-state index contributed by atoms with van der Waals surface area (Å²) in [4.78, 5) is 0. The van der Waals surface area contributed by atoms with E-state index in [1.165, 1.54) is 0 Å². The molecule has 3 atom stereocenters. The van der Waals surface area contributed by atoms with E-state index in [1.54, 1.807) is 19.1 Å². The summed E-state index contributed by atoms with van der Waals surface area (Å²) in [6.45, 7) is 14.2. The maximum Gasteiger partial charge on any atom is 0.192 e. The molecule has 2 N–H and O–H groups in total. The molecule has 0 saturated carbocycles. The molecule has 1 aromatic rings. The zero-order chi connectivity index (χ0) is 19.3. The van der Waals surface area contributed by atoms with Crippen LogP contribution in [0.15, 0.2) is 30.3 Å². The first-order valence-electron chi connectivity index (χ1n) is 8.53. The Morgan fingerprint density at radius 2 is 1.60 bits per heavy atom. The van der Waals surface area contributed by atoms with Crippen molar-refractivity contribution >= 4 is 8.32 Å². The quantitative estimate of drug-likeness (QED) is 0.634. The molecule has 0 aliphatic carbocycles. The molecule has 4 heteroatoms. The van der Waals surface area contributed by atoms with Gasteiger partial charge in [0.2, 0.25) is 0 Å². The molecule has 1 aromatic carbocycles. The van der Waals surface area contributed by atoms with E-state index in [9.17, 15) is 10.2 Å². The van der Waals surface area contributed by atoms with Crippen LogP contribution in [0.3, 0.4) is 0 Å². The standard InChI is InChI=1S/C21H30O3Si/c1-17(24-25(6,7)20(2,3)4)21(5,23)16-12-11-15-19(22)18-13-9-8-10-14-18/h8-10,13-14,17,19,22-23H,1-7H3. The monoisotopic (exact) mass is 358 g/mol. The second-order valence-corrected chi connectivity index (χ2v) is 12.8. The normalized spacial score (nSPS) is 16.5. The molecule has 0 spiro atoms. The minimum Gasteiger partial charge on any atom is -0.410 e. The first-order valence-corrected chi connectivity index (χ1v) is 11.4. The van der Waals surface area contributed by atoms with E-state index in [0.29, 0.717) is 0 Å². The third-order valence-corrected chi connectivity index (χ3v) is 9.33. The number of benzene rings is 1. The van der Waals surface area contributed by atoms with Crippen LogP contribution in [0.5, 0.6) is 0 Å². The van der Waals surface area contributed by atoms with E-state index >= 15 is 0 Å². The predicted octanol–water partition coefficient (Wildman–Crippen LogP) is 3.89. The summed E-state index contributed by atoms with van der Waals surface area (Å²) in [6, 6.07) is 9.17. The van der Waals surface area contributed by atoms with Crippen molar-refractivity contribution < 1.29 is 14.6 Å². The van der Waals surface area contributed by atoms with E-state index in [1.807, 2.05) is 25.1 Å². The molecule has 0 amide bonds. The zero-order valence-corrected chi connectivity index (χ0v) is 17.3. The highest BCUT2D eigenvalue weighted by atomic mass is 28.4. The first kappa shape index (κ1) is 21.5. The fourth-order valence-electron chi connectivity index (χ4n) is 1.82. The third-order valence-electron chi connectivity index (χ3n) is 4.77. The summed E-state index contributed by atoms with van der Waals surface area (Å²) in [5.74, 6) is 10.7. The third kappa shape index (κ3) is 6.34. The van der Waals surface area contributed by atoms with Gasteiger partial charge in [0.05, 0.1) is 6.10 Å². The number of aliphatic hydroxyl groups excluding tert-OH is 1. The van der Waals surface area contributed by atoms with E-state index in [4.69, 9.17) is 4.43 Å². The fraction of sp³-hybridized carbons (Fsp3) is 0.524. The Bertz CT molecular complexity index is 679. The molecule has 0 heterocycles. The Labute approximate surface area is 153 Å². The van der Waals surface area contributed by atoms with Gasteiger partial charge >= 0.3 is 0 Å². The Balaban J connectivity index is 2.79. The van der Waals surface area contributed by atoms with E-state index in [0.717, 1.165) is 5.56 Å². The van der Waals surface area contributed by atoms with Crippen molar-refractivity contribution in [3.8, 4) is 23.7 Å². The van der Waals surface area contributed by atoms with E-state index in [2.05, 4.69) is 57.5 Å². The summed E-state index contributed by atoms with van der Waals surface area (Å²) >= 11 is 0. The molecule has 0 aliphatic heterocycles.